The fourth-order valence-electron chi connectivity index (χ4n) is 6.45. The average Bonchev–Trinajstić information content (AvgIpc) is 3.33. The van der Waals surface area contributed by atoms with Crippen molar-refractivity contribution in [1.82, 2.24) is 0 Å². The molecule has 0 saturated heterocycles. The van der Waals surface area contributed by atoms with Crippen molar-refractivity contribution in [2.75, 3.05) is 33.0 Å². The number of phosphoric acid groups is 1. The Morgan fingerprint density at radius 2 is 0.794 bits per heavy atom. The zero-order chi connectivity index (χ0) is 49.5. The van der Waals surface area contributed by atoms with Gasteiger partial charge in [-0.1, -0.05) is 205 Å². The first-order chi connectivity index (χ1) is 33.3. The maximum absolute atomic E-state index is 12.7. The quantitative estimate of drug-likeness (QED) is 0.0236. The minimum Gasteiger partial charge on any atom is -0.457 e. The lowest BCUT2D eigenvalue weighted by Crippen LogP contribution is -2.29. The van der Waals surface area contributed by atoms with E-state index in [4.69, 9.17) is 23.6 Å². The molecular weight excluding hydrogens is 872 g/mol. The third kappa shape index (κ3) is 52.0. The molecule has 0 rings (SSSR count). The van der Waals surface area contributed by atoms with Gasteiger partial charge >= 0.3 is 13.8 Å². The molecule has 0 aromatic heterocycles. The summed E-state index contributed by atoms with van der Waals surface area (Å²) in [5, 5.41) is 18.4. The van der Waals surface area contributed by atoms with Crippen molar-refractivity contribution in [3.8, 4) is 0 Å². The topological polar surface area (TPSA) is 132 Å². The summed E-state index contributed by atoms with van der Waals surface area (Å²) >= 11 is 0. The Bertz CT molecular complexity index is 1520. The van der Waals surface area contributed by atoms with Crippen molar-refractivity contribution in [3.05, 3.63) is 134 Å². The van der Waals surface area contributed by atoms with E-state index >= 15 is 0 Å². The number of hydrogen-bond acceptors (Lipinski definition) is 8. The Hall–Kier alpha value is -3.40. The Kier molecular flexibility index (Phi) is 50.3. The van der Waals surface area contributed by atoms with Crippen LogP contribution in [0.4, 0.5) is 0 Å². The molecule has 0 aromatic rings. The predicted octanol–water partition coefficient (Wildman–Crippen LogP) is 15.7. The molecule has 0 aromatic carbocycles. The highest BCUT2D eigenvalue weighted by molar-refractivity contribution is 7.47. The van der Waals surface area contributed by atoms with Crippen LogP contribution in [0, 0.1) is 0 Å². The third-order valence-corrected chi connectivity index (χ3v) is 11.3. The minimum absolute atomic E-state index is 0.0142. The van der Waals surface area contributed by atoms with Crippen LogP contribution in [0.1, 0.15) is 181 Å². The molecule has 0 amide bonds. The Morgan fingerprint density at radius 1 is 0.456 bits per heavy atom. The molecule has 386 valence electrons. The van der Waals surface area contributed by atoms with Crippen LogP contribution >= 0.6 is 7.82 Å². The summed E-state index contributed by atoms with van der Waals surface area (Å²) in [4.78, 5) is 22.7. The minimum atomic E-state index is -4.55. The molecule has 0 bridgehead atoms. The second-order valence-corrected chi connectivity index (χ2v) is 18.2. The van der Waals surface area contributed by atoms with Crippen molar-refractivity contribution >= 4 is 13.8 Å². The number of aliphatic hydroxyl groups excluding tert-OH is 2. The highest BCUT2D eigenvalue weighted by Crippen LogP contribution is 2.43. The molecule has 0 heterocycles. The summed E-state index contributed by atoms with van der Waals surface area (Å²) in [6.45, 7) is 3.19. The first kappa shape index (κ1) is 64.6. The van der Waals surface area contributed by atoms with Crippen LogP contribution in [-0.2, 0) is 27.9 Å². The van der Waals surface area contributed by atoms with Crippen LogP contribution in [0.3, 0.4) is 0 Å². The fraction of sp³-hybridized carbons (Fsp3) is 0.603. The van der Waals surface area contributed by atoms with Crippen molar-refractivity contribution in [1.29, 1.82) is 0 Å². The van der Waals surface area contributed by atoms with E-state index in [1.807, 2.05) is 0 Å². The summed E-state index contributed by atoms with van der Waals surface area (Å²) in [5.41, 5.74) is 0. The highest BCUT2D eigenvalue weighted by atomic mass is 31.2. The van der Waals surface area contributed by atoms with Crippen LogP contribution in [0.5, 0.6) is 0 Å². The lowest BCUT2D eigenvalue weighted by molar-refractivity contribution is -0.154. The number of allylic oxidation sites excluding steroid dienone is 22. The van der Waals surface area contributed by atoms with Gasteiger partial charge in [-0.2, -0.15) is 0 Å². The molecule has 9 nitrogen and oxygen atoms in total. The van der Waals surface area contributed by atoms with Gasteiger partial charge in [0.1, 0.15) is 12.2 Å². The Labute approximate surface area is 415 Å². The van der Waals surface area contributed by atoms with Crippen molar-refractivity contribution in [3.63, 3.8) is 0 Å². The predicted molar refractivity (Wildman–Crippen MR) is 287 cm³/mol. The van der Waals surface area contributed by atoms with Gasteiger partial charge in [-0.25, -0.2) is 4.57 Å². The van der Waals surface area contributed by atoms with Gasteiger partial charge in [0, 0.05) is 13.0 Å². The summed E-state index contributed by atoms with van der Waals surface area (Å²) in [5.74, 6) is -0.446. The number of phosphoric ester groups is 1. The van der Waals surface area contributed by atoms with Crippen molar-refractivity contribution in [2.45, 2.75) is 193 Å². The fourth-order valence-corrected chi connectivity index (χ4v) is 7.24. The smallest absolute Gasteiger partial charge is 0.457 e. The first-order valence-electron chi connectivity index (χ1n) is 26.2. The highest BCUT2D eigenvalue weighted by Gasteiger charge is 2.26. The number of carbonyl (C=O) groups excluding carboxylic acids is 1. The number of hydrogen-bond donors (Lipinski definition) is 3. The summed E-state index contributed by atoms with van der Waals surface area (Å²) in [6, 6.07) is 0. The van der Waals surface area contributed by atoms with E-state index in [2.05, 4.69) is 148 Å². The molecule has 0 spiro atoms. The number of ether oxygens (including phenoxy) is 2. The summed E-state index contributed by atoms with van der Waals surface area (Å²) in [6.07, 6.45) is 72.8. The van der Waals surface area contributed by atoms with E-state index in [9.17, 15) is 19.4 Å². The van der Waals surface area contributed by atoms with E-state index in [1.54, 1.807) is 0 Å². The lowest BCUT2D eigenvalue weighted by atomic mass is 10.1. The summed E-state index contributed by atoms with van der Waals surface area (Å²) < 4.78 is 33.5. The van der Waals surface area contributed by atoms with Crippen LogP contribution < -0.4 is 0 Å². The molecule has 3 N–H and O–H groups in total. The van der Waals surface area contributed by atoms with E-state index in [1.165, 1.54) is 57.8 Å². The molecule has 0 radical (unpaired) electrons. The van der Waals surface area contributed by atoms with Gasteiger partial charge in [-0.15, -0.1) is 0 Å². The number of unbranched alkanes of at least 4 members (excludes halogenated alkanes) is 12. The summed E-state index contributed by atoms with van der Waals surface area (Å²) in [7, 11) is -4.55. The lowest BCUT2D eigenvalue weighted by Gasteiger charge is -2.20. The van der Waals surface area contributed by atoms with Gasteiger partial charge in [-0.3, -0.25) is 13.8 Å². The maximum Gasteiger partial charge on any atom is 0.472 e. The van der Waals surface area contributed by atoms with Crippen LogP contribution in [-0.4, -0.2) is 66.3 Å². The number of esters is 1. The molecule has 10 heteroatoms. The maximum atomic E-state index is 12.7. The molecule has 0 aliphatic carbocycles. The molecule has 0 aliphatic rings. The molecular formula is C58H95O9P. The van der Waals surface area contributed by atoms with Crippen molar-refractivity contribution < 1.29 is 43.0 Å². The second kappa shape index (κ2) is 53.0. The van der Waals surface area contributed by atoms with Gasteiger partial charge in [0.05, 0.1) is 26.4 Å². The standard InChI is InChI=1S/C58H95O9P/c1-3-5-7-9-11-13-15-17-19-21-23-25-27-29-31-33-35-37-39-41-43-45-47-49-51-64-54-57(55-66-68(62,63)65-53-56(60)52-59)67-58(61)50-48-46-44-42-40-38-36-34-32-30-28-26-24-22-20-18-16-14-12-10-8-6-4-2/h5-8,11-14,17-20,23-26,30,32,36,38,42,44,56-57,59-60H,3-4,9-10,15-16,21-22,27-29,31,33-35,37,39-41,43,45-55H2,1-2H3,(H,62,63)/b7-5-,8-6-,13-11-,14-12-,19-17-,20-18-,25-23-,26-24-,32-30-,38-36-,44-42-. The molecule has 68 heavy (non-hydrogen) atoms. The zero-order valence-corrected chi connectivity index (χ0v) is 43.4. The average molecular weight is 967 g/mol. The number of aliphatic hydroxyl groups is 2. The Balaban J connectivity index is 4.21. The van der Waals surface area contributed by atoms with Crippen LogP contribution in [0.15, 0.2) is 134 Å². The normalized spacial score (nSPS) is 14.8. The van der Waals surface area contributed by atoms with E-state index in [-0.39, 0.29) is 13.0 Å². The molecule has 0 aliphatic heterocycles. The van der Waals surface area contributed by atoms with Crippen LogP contribution in [0.2, 0.25) is 0 Å². The number of rotatable bonds is 48. The van der Waals surface area contributed by atoms with E-state index < -0.39 is 45.8 Å². The van der Waals surface area contributed by atoms with E-state index in [0.717, 1.165) is 96.3 Å². The molecule has 3 atom stereocenters. The Morgan fingerprint density at radius 3 is 1.19 bits per heavy atom. The third-order valence-electron chi connectivity index (χ3n) is 10.3. The van der Waals surface area contributed by atoms with Gasteiger partial charge in [-0.05, 0) is 103 Å². The van der Waals surface area contributed by atoms with Gasteiger partial charge < -0.3 is 24.6 Å². The molecule has 0 fully saturated rings. The monoisotopic (exact) mass is 967 g/mol. The first-order valence-corrected chi connectivity index (χ1v) is 27.7. The molecule has 0 saturated carbocycles. The molecule has 3 unspecified atom stereocenters. The van der Waals surface area contributed by atoms with Gasteiger partial charge in [0.2, 0.25) is 0 Å². The second-order valence-electron chi connectivity index (χ2n) is 16.8. The SMILES string of the molecule is CC/C=C\C/C=C\C/C=C\C/C=C\C/C=C\C/C=C\C/C=C\CCCC(=O)OC(COCCCCCCCCCCCCC/C=C\C/C=C\C/C=C\C/C=C\CC)COP(=O)(O)OCC(O)CO. The van der Waals surface area contributed by atoms with Gasteiger partial charge in [0.15, 0.2) is 0 Å². The largest absolute Gasteiger partial charge is 0.472 e. The number of carbonyl (C=O) groups is 1. The van der Waals surface area contributed by atoms with Gasteiger partial charge in [0.25, 0.3) is 0 Å². The zero-order valence-electron chi connectivity index (χ0n) is 42.5. The van der Waals surface area contributed by atoms with E-state index in [0.29, 0.717) is 13.0 Å². The van der Waals surface area contributed by atoms with Crippen LogP contribution in [0.25, 0.3) is 0 Å². The van der Waals surface area contributed by atoms with Crippen molar-refractivity contribution in [2.24, 2.45) is 0 Å².